The van der Waals surface area contributed by atoms with Crippen molar-refractivity contribution in [1.82, 2.24) is 0 Å². The highest BCUT2D eigenvalue weighted by Crippen LogP contribution is 2.44. The van der Waals surface area contributed by atoms with Crippen LogP contribution < -0.4 is 4.74 Å². The van der Waals surface area contributed by atoms with E-state index in [9.17, 15) is 5.11 Å². The second kappa shape index (κ2) is 18.7. The van der Waals surface area contributed by atoms with Crippen LogP contribution in [0.4, 0.5) is 0 Å². The van der Waals surface area contributed by atoms with E-state index in [1.807, 2.05) is 52.0 Å². The van der Waals surface area contributed by atoms with Gasteiger partial charge in [0.2, 0.25) is 0 Å². The van der Waals surface area contributed by atoms with Gasteiger partial charge >= 0.3 is 0 Å². The molecular formula is C42H70O11. The van der Waals surface area contributed by atoms with E-state index < -0.39 is 17.9 Å². The van der Waals surface area contributed by atoms with Crippen LogP contribution in [0.25, 0.3) is 0 Å². The van der Waals surface area contributed by atoms with Crippen LogP contribution >= 0.6 is 0 Å². The zero-order valence-corrected chi connectivity index (χ0v) is 34.3. The lowest BCUT2D eigenvalue weighted by atomic mass is 9.77. The molecule has 1 N–H and O–H groups in total. The van der Waals surface area contributed by atoms with Crippen LogP contribution in [0.3, 0.4) is 0 Å². The van der Waals surface area contributed by atoms with Crippen LogP contribution in [0.15, 0.2) is 24.3 Å². The summed E-state index contributed by atoms with van der Waals surface area (Å²) < 4.78 is 62.6. The Bertz CT molecular complexity index is 1240. The maximum Gasteiger partial charge on any atom is 0.184 e. The summed E-state index contributed by atoms with van der Waals surface area (Å²) in [6.45, 7) is 17.4. The molecule has 4 aliphatic heterocycles. The zero-order chi connectivity index (χ0) is 38.5. The van der Waals surface area contributed by atoms with Crippen LogP contribution in [-0.4, -0.2) is 106 Å². The molecule has 14 atom stereocenters. The van der Waals surface area contributed by atoms with E-state index in [1.165, 1.54) is 0 Å². The minimum absolute atomic E-state index is 0.0181. The number of benzene rings is 1. The van der Waals surface area contributed by atoms with Crippen LogP contribution in [0.1, 0.15) is 112 Å². The average Bonchev–Trinajstić information content (AvgIpc) is 3.13. The van der Waals surface area contributed by atoms with Gasteiger partial charge in [-0.05, 0) is 78.9 Å². The zero-order valence-electron chi connectivity index (χ0n) is 34.3. The highest BCUT2D eigenvalue weighted by atomic mass is 16.7. The smallest absolute Gasteiger partial charge is 0.184 e. The SMILES string of the molecule is COc1ccc([C@H]2OCC[C@@H](C[C@H](OC)[C@@H](C)[C@@H]3C[C@H]([C@H](C)[C@@H]4OC(C)(C)O[C@@H]([C@@H](CO)CC[C@H]5C[C@H](OC)C[C@H](C)O5)[C@@H]4C)OC(C)(C)O3)O2)cc1. The van der Waals surface area contributed by atoms with Gasteiger partial charge in [0.05, 0.1) is 68.7 Å². The van der Waals surface area contributed by atoms with Gasteiger partial charge in [-0.15, -0.1) is 0 Å². The normalized spacial score (nSPS) is 37.0. The monoisotopic (exact) mass is 750 g/mol. The minimum Gasteiger partial charge on any atom is -0.497 e. The molecule has 1 aromatic carbocycles. The highest BCUT2D eigenvalue weighted by Gasteiger charge is 2.50. The number of ether oxygens (including phenoxy) is 10. The molecule has 11 nitrogen and oxygen atoms in total. The van der Waals surface area contributed by atoms with Gasteiger partial charge in [-0.25, -0.2) is 0 Å². The predicted octanol–water partition coefficient (Wildman–Crippen LogP) is 7.21. The molecule has 0 unspecified atom stereocenters. The van der Waals surface area contributed by atoms with Crippen molar-refractivity contribution in [2.45, 2.75) is 173 Å². The predicted molar refractivity (Wildman–Crippen MR) is 201 cm³/mol. The Morgan fingerprint density at radius 1 is 0.830 bits per heavy atom. The van der Waals surface area contributed by atoms with Crippen molar-refractivity contribution in [3.8, 4) is 5.75 Å². The van der Waals surface area contributed by atoms with E-state index in [0.29, 0.717) is 13.0 Å². The van der Waals surface area contributed by atoms with E-state index in [2.05, 4.69) is 27.7 Å². The summed E-state index contributed by atoms with van der Waals surface area (Å²) in [4.78, 5) is 0. The summed E-state index contributed by atoms with van der Waals surface area (Å²) in [6, 6.07) is 7.83. The third kappa shape index (κ3) is 11.1. The Labute approximate surface area is 318 Å². The molecule has 0 radical (unpaired) electrons. The summed E-state index contributed by atoms with van der Waals surface area (Å²) in [5.41, 5.74) is 0.970. The van der Waals surface area contributed by atoms with Crippen molar-refractivity contribution in [2.24, 2.45) is 23.7 Å². The molecule has 0 bridgehead atoms. The Balaban J connectivity index is 1.23. The molecule has 0 aliphatic carbocycles. The molecule has 4 saturated heterocycles. The largest absolute Gasteiger partial charge is 0.497 e. The van der Waals surface area contributed by atoms with Crippen molar-refractivity contribution in [2.75, 3.05) is 34.5 Å². The van der Waals surface area contributed by atoms with E-state index in [4.69, 9.17) is 47.4 Å². The highest BCUT2D eigenvalue weighted by molar-refractivity contribution is 5.28. The summed E-state index contributed by atoms with van der Waals surface area (Å²) >= 11 is 0. The fourth-order valence-electron chi connectivity index (χ4n) is 9.19. The number of aliphatic hydroxyl groups excluding tert-OH is 1. The fourth-order valence-corrected chi connectivity index (χ4v) is 9.19. The first-order valence-electron chi connectivity index (χ1n) is 20.1. The van der Waals surface area contributed by atoms with Gasteiger partial charge < -0.3 is 52.5 Å². The van der Waals surface area contributed by atoms with E-state index >= 15 is 0 Å². The first-order valence-corrected chi connectivity index (χ1v) is 20.1. The van der Waals surface area contributed by atoms with Crippen LogP contribution in [0.5, 0.6) is 5.75 Å². The molecule has 304 valence electrons. The molecule has 4 heterocycles. The molecular weight excluding hydrogens is 680 g/mol. The summed E-state index contributed by atoms with van der Waals surface area (Å²) in [6.07, 6.45) is 5.04. The van der Waals surface area contributed by atoms with E-state index in [-0.39, 0.29) is 85.2 Å². The lowest BCUT2D eigenvalue weighted by Gasteiger charge is -2.52. The van der Waals surface area contributed by atoms with Crippen molar-refractivity contribution < 1.29 is 52.5 Å². The molecule has 0 saturated carbocycles. The van der Waals surface area contributed by atoms with Gasteiger partial charge in [0.15, 0.2) is 17.9 Å². The van der Waals surface area contributed by atoms with Gasteiger partial charge in [0.1, 0.15) is 5.75 Å². The van der Waals surface area contributed by atoms with Gasteiger partial charge in [-0.3, -0.25) is 0 Å². The van der Waals surface area contributed by atoms with Crippen molar-refractivity contribution >= 4 is 0 Å². The van der Waals surface area contributed by atoms with Crippen LogP contribution in [0.2, 0.25) is 0 Å². The number of hydrogen-bond acceptors (Lipinski definition) is 11. The number of methoxy groups -OCH3 is 3. The van der Waals surface area contributed by atoms with Crippen molar-refractivity contribution in [3.05, 3.63) is 29.8 Å². The molecule has 0 amide bonds. The Morgan fingerprint density at radius 2 is 1.51 bits per heavy atom. The number of aliphatic hydroxyl groups is 1. The Morgan fingerprint density at radius 3 is 2.17 bits per heavy atom. The molecule has 5 rings (SSSR count). The second-order valence-electron chi connectivity index (χ2n) is 17.0. The topological polar surface area (TPSA) is 113 Å². The van der Waals surface area contributed by atoms with Crippen LogP contribution in [0, 0.1) is 23.7 Å². The first-order chi connectivity index (χ1) is 25.1. The number of rotatable bonds is 15. The second-order valence-corrected chi connectivity index (χ2v) is 17.0. The molecule has 0 aromatic heterocycles. The fraction of sp³-hybridized carbons (Fsp3) is 0.857. The maximum absolute atomic E-state index is 10.7. The maximum atomic E-state index is 10.7. The lowest BCUT2D eigenvalue weighted by molar-refractivity contribution is -0.358. The van der Waals surface area contributed by atoms with Gasteiger partial charge in [-0.2, -0.15) is 0 Å². The molecule has 4 fully saturated rings. The van der Waals surface area contributed by atoms with Crippen molar-refractivity contribution in [3.63, 3.8) is 0 Å². The lowest BCUT2D eigenvalue weighted by Crippen LogP contribution is -2.58. The average molecular weight is 751 g/mol. The quantitative estimate of drug-likeness (QED) is 0.196. The molecule has 4 aliphatic rings. The summed E-state index contributed by atoms with van der Waals surface area (Å²) in [5, 5.41) is 10.7. The summed E-state index contributed by atoms with van der Waals surface area (Å²) in [5.74, 6) is -0.739. The molecule has 11 heteroatoms. The van der Waals surface area contributed by atoms with E-state index in [1.54, 1.807) is 21.3 Å². The van der Waals surface area contributed by atoms with Gasteiger partial charge in [-0.1, -0.05) is 32.9 Å². The molecule has 1 aromatic rings. The third-order valence-electron chi connectivity index (χ3n) is 12.1. The van der Waals surface area contributed by atoms with Gasteiger partial charge in [0, 0.05) is 62.9 Å². The van der Waals surface area contributed by atoms with E-state index in [0.717, 1.165) is 49.8 Å². The minimum atomic E-state index is -0.817. The first kappa shape index (κ1) is 42.8. The Hall–Kier alpha value is -1.38. The standard InChI is InChI=1S/C42H70O11/c1-25-20-34(45-10)21-32(48-25)17-14-30(24-43)39-28(4)38(52-42(7,8)53-39)27(3)37-23-36(50-41(5,6)51-37)26(2)35(46-11)22-33-18-19-47-40(49-33)29-12-15-31(44-9)16-13-29/h12-13,15-16,25-28,30,32-40,43H,14,17-24H2,1-11H3/t25-,26+,27-,28+,30+,32-,33-,34+,35-,36-,37+,38-,39+,40-/m0/s1. The molecule has 53 heavy (non-hydrogen) atoms. The van der Waals surface area contributed by atoms with Crippen LogP contribution in [-0.2, 0) is 42.6 Å². The number of hydrogen-bond donors (Lipinski definition) is 1. The summed E-state index contributed by atoms with van der Waals surface area (Å²) in [7, 11) is 5.22. The van der Waals surface area contributed by atoms with Gasteiger partial charge in [0.25, 0.3) is 0 Å². The van der Waals surface area contributed by atoms with Crippen molar-refractivity contribution in [1.29, 1.82) is 0 Å². The third-order valence-corrected chi connectivity index (χ3v) is 12.1. The molecule has 0 spiro atoms. The Kier molecular flexibility index (Phi) is 15.1.